The van der Waals surface area contributed by atoms with Gasteiger partial charge in [-0.05, 0) is 53.9 Å². The number of hydrogen-bond donors (Lipinski definition) is 2. The van der Waals surface area contributed by atoms with Gasteiger partial charge in [-0.25, -0.2) is 18.2 Å². The number of nitrogens with one attached hydrogen (secondary N) is 2. The van der Waals surface area contributed by atoms with Crippen LogP contribution in [0, 0.1) is 11.7 Å². The zero-order chi connectivity index (χ0) is 24.4. The predicted molar refractivity (Wildman–Crippen MR) is 124 cm³/mol. The van der Waals surface area contributed by atoms with Crippen molar-refractivity contribution in [2.24, 2.45) is 11.0 Å². The topological polar surface area (TPSA) is 117 Å². The van der Waals surface area contributed by atoms with Crippen LogP contribution < -0.4 is 19.8 Å². The van der Waals surface area contributed by atoms with E-state index in [1.807, 2.05) is 13.8 Å². The summed E-state index contributed by atoms with van der Waals surface area (Å²) in [5.74, 6) is -0.687. The number of nitrogens with zero attached hydrogens (tertiary/aromatic N) is 2. The third-order valence-corrected chi connectivity index (χ3v) is 5.28. The zero-order valence-electron chi connectivity index (χ0n) is 18.6. The van der Waals surface area contributed by atoms with Gasteiger partial charge in [0.2, 0.25) is 10.0 Å². The summed E-state index contributed by atoms with van der Waals surface area (Å²) < 4.78 is 43.7. The molecule has 0 fully saturated rings. The highest BCUT2D eigenvalue weighted by Crippen LogP contribution is 2.18. The van der Waals surface area contributed by atoms with Crippen LogP contribution in [0.15, 0.2) is 53.6 Å². The Morgan fingerprint density at radius 3 is 2.45 bits per heavy atom. The second-order valence-electron chi connectivity index (χ2n) is 7.60. The largest absolute Gasteiger partial charge is 0.484 e. The molecule has 2 rings (SSSR count). The molecule has 0 bridgehead atoms. The molecule has 0 aliphatic heterocycles. The molecule has 2 aromatic carbocycles. The van der Waals surface area contributed by atoms with Gasteiger partial charge >= 0.3 is 0 Å². The summed E-state index contributed by atoms with van der Waals surface area (Å²) in [5, 5.41) is 6.56. The average molecular weight is 479 g/mol. The molecule has 2 aromatic rings. The van der Waals surface area contributed by atoms with Crippen molar-refractivity contribution in [2.45, 2.75) is 13.8 Å². The standard InChI is InChI=1S/C22H27FN4O5S/c1-16(2)12-24-22(29)15-32-20-9-7-17(8-10-20)13-25-26-21(28)14-27(33(3,30)31)19-6-4-5-18(23)11-19/h4-11,13,16H,12,14-15H2,1-3H3,(H,24,29)(H,26,28)/b25-13-. The van der Waals surface area contributed by atoms with Crippen LogP contribution in [-0.2, 0) is 19.6 Å². The lowest BCUT2D eigenvalue weighted by atomic mass is 10.2. The van der Waals surface area contributed by atoms with Crippen molar-refractivity contribution in [1.29, 1.82) is 0 Å². The van der Waals surface area contributed by atoms with Crippen molar-refractivity contribution in [3.63, 3.8) is 0 Å². The third-order valence-electron chi connectivity index (χ3n) is 4.14. The second kappa shape index (κ2) is 12.0. The summed E-state index contributed by atoms with van der Waals surface area (Å²) >= 11 is 0. The first kappa shape index (κ1) is 25.8. The molecule has 2 amide bonds. The number of ether oxygens (including phenoxy) is 1. The van der Waals surface area contributed by atoms with Gasteiger partial charge in [-0.2, -0.15) is 5.10 Å². The number of carbonyl (C=O) groups excluding carboxylic acids is 2. The van der Waals surface area contributed by atoms with Crippen LogP contribution in [0.4, 0.5) is 10.1 Å². The Bertz CT molecular complexity index is 1090. The van der Waals surface area contributed by atoms with Crippen LogP contribution in [0.5, 0.6) is 5.75 Å². The highest BCUT2D eigenvalue weighted by molar-refractivity contribution is 7.92. The van der Waals surface area contributed by atoms with Crippen LogP contribution in [0.2, 0.25) is 0 Å². The molecule has 0 aromatic heterocycles. The summed E-state index contributed by atoms with van der Waals surface area (Å²) in [4.78, 5) is 23.8. The minimum Gasteiger partial charge on any atom is -0.484 e. The maximum Gasteiger partial charge on any atom is 0.260 e. The Morgan fingerprint density at radius 2 is 1.85 bits per heavy atom. The van der Waals surface area contributed by atoms with Crippen molar-refractivity contribution in [1.82, 2.24) is 10.7 Å². The zero-order valence-corrected chi connectivity index (χ0v) is 19.4. The molecule has 178 valence electrons. The lowest BCUT2D eigenvalue weighted by Gasteiger charge is -2.21. The van der Waals surface area contributed by atoms with Crippen LogP contribution in [0.3, 0.4) is 0 Å². The highest BCUT2D eigenvalue weighted by Gasteiger charge is 2.21. The molecule has 0 heterocycles. The number of amides is 2. The van der Waals surface area contributed by atoms with E-state index in [9.17, 15) is 22.4 Å². The van der Waals surface area contributed by atoms with Crippen molar-refractivity contribution < 1.29 is 27.1 Å². The van der Waals surface area contributed by atoms with Gasteiger partial charge in [-0.3, -0.25) is 13.9 Å². The fraction of sp³-hybridized carbons (Fsp3) is 0.318. The molecule has 0 unspecified atom stereocenters. The Hall–Kier alpha value is -3.47. The molecule has 0 radical (unpaired) electrons. The SMILES string of the molecule is CC(C)CNC(=O)COc1ccc(/C=N\NC(=O)CN(c2cccc(F)c2)S(C)(=O)=O)cc1. The first-order valence-electron chi connectivity index (χ1n) is 10.1. The van der Waals surface area contributed by atoms with Gasteiger partial charge in [-0.1, -0.05) is 19.9 Å². The average Bonchev–Trinajstić information content (AvgIpc) is 2.74. The summed E-state index contributed by atoms with van der Waals surface area (Å²) in [6.07, 6.45) is 2.29. The Morgan fingerprint density at radius 1 is 1.15 bits per heavy atom. The van der Waals surface area contributed by atoms with Gasteiger partial charge in [0.1, 0.15) is 18.1 Å². The molecule has 33 heavy (non-hydrogen) atoms. The number of benzene rings is 2. The van der Waals surface area contributed by atoms with E-state index >= 15 is 0 Å². The number of hydrogen-bond acceptors (Lipinski definition) is 6. The smallest absolute Gasteiger partial charge is 0.260 e. The molecular formula is C22H27FN4O5S. The molecule has 0 saturated heterocycles. The van der Waals surface area contributed by atoms with Gasteiger partial charge in [0.15, 0.2) is 6.61 Å². The van der Waals surface area contributed by atoms with Gasteiger partial charge in [0.25, 0.3) is 11.8 Å². The molecular weight excluding hydrogens is 451 g/mol. The van der Waals surface area contributed by atoms with Crippen LogP contribution in [0.1, 0.15) is 19.4 Å². The Balaban J connectivity index is 1.88. The highest BCUT2D eigenvalue weighted by atomic mass is 32.2. The molecule has 0 atom stereocenters. The number of sulfonamides is 1. The number of anilines is 1. The Labute approximate surface area is 192 Å². The molecule has 0 saturated carbocycles. The van der Waals surface area contributed by atoms with Gasteiger partial charge in [0.05, 0.1) is 18.2 Å². The van der Waals surface area contributed by atoms with E-state index in [0.29, 0.717) is 23.8 Å². The van der Waals surface area contributed by atoms with Crippen molar-refractivity contribution in [3.8, 4) is 5.75 Å². The molecule has 0 aliphatic carbocycles. The number of hydrazone groups is 1. The minimum atomic E-state index is -3.82. The van der Waals surface area contributed by atoms with Crippen LogP contribution in [0.25, 0.3) is 0 Å². The molecule has 0 spiro atoms. The van der Waals surface area contributed by atoms with Gasteiger partial charge < -0.3 is 10.1 Å². The summed E-state index contributed by atoms with van der Waals surface area (Å²) in [6, 6.07) is 11.6. The van der Waals surface area contributed by atoms with Crippen molar-refractivity contribution in [2.75, 3.05) is 30.3 Å². The maximum atomic E-state index is 13.4. The first-order chi connectivity index (χ1) is 15.5. The monoisotopic (exact) mass is 478 g/mol. The van der Waals surface area contributed by atoms with Crippen LogP contribution in [-0.4, -0.2) is 52.4 Å². The summed E-state index contributed by atoms with van der Waals surface area (Å²) in [6.45, 7) is 3.91. The predicted octanol–water partition coefficient (Wildman–Crippen LogP) is 1.89. The van der Waals surface area contributed by atoms with E-state index in [-0.39, 0.29) is 18.2 Å². The third kappa shape index (κ3) is 9.27. The lowest BCUT2D eigenvalue weighted by Crippen LogP contribution is -2.39. The van der Waals surface area contributed by atoms with Gasteiger partial charge in [0, 0.05) is 6.54 Å². The van der Waals surface area contributed by atoms with Crippen LogP contribution >= 0.6 is 0 Å². The summed E-state index contributed by atoms with van der Waals surface area (Å²) in [5.41, 5.74) is 2.91. The minimum absolute atomic E-state index is 0.0325. The Kier molecular flexibility index (Phi) is 9.34. The molecule has 2 N–H and O–H groups in total. The molecule has 11 heteroatoms. The normalized spacial score (nSPS) is 11.4. The van der Waals surface area contributed by atoms with Gasteiger partial charge in [-0.15, -0.1) is 0 Å². The van der Waals surface area contributed by atoms with Crippen molar-refractivity contribution in [3.05, 3.63) is 59.9 Å². The quantitative estimate of drug-likeness (QED) is 0.378. The van der Waals surface area contributed by atoms with E-state index in [2.05, 4.69) is 15.8 Å². The number of halogens is 1. The fourth-order valence-corrected chi connectivity index (χ4v) is 3.39. The van der Waals surface area contributed by atoms with E-state index in [0.717, 1.165) is 16.6 Å². The molecule has 9 nitrogen and oxygen atoms in total. The van der Waals surface area contributed by atoms with E-state index in [1.165, 1.54) is 24.4 Å². The molecule has 0 aliphatic rings. The lowest BCUT2D eigenvalue weighted by molar-refractivity contribution is -0.123. The number of rotatable bonds is 11. The fourth-order valence-electron chi connectivity index (χ4n) is 2.54. The maximum absolute atomic E-state index is 13.4. The van der Waals surface area contributed by atoms with E-state index < -0.39 is 28.3 Å². The van der Waals surface area contributed by atoms with Crippen molar-refractivity contribution >= 4 is 33.7 Å². The van der Waals surface area contributed by atoms with E-state index in [1.54, 1.807) is 24.3 Å². The second-order valence-corrected chi connectivity index (χ2v) is 9.51. The summed E-state index contributed by atoms with van der Waals surface area (Å²) in [7, 11) is -3.82. The van der Waals surface area contributed by atoms with E-state index in [4.69, 9.17) is 4.74 Å². The number of carbonyl (C=O) groups is 2. The first-order valence-corrected chi connectivity index (χ1v) is 11.9.